The first-order valence-corrected chi connectivity index (χ1v) is 8.95. The highest BCUT2D eigenvalue weighted by Crippen LogP contribution is 2.38. The van der Waals surface area contributed by atoms with Crippen LogP contribution in [0.4, 0.5) is 0 Å². The Balaban J connectivity index is 1.67. The predicted octanol–water partition coefficient (Wildman–Crippen LogP) is 4.82. The van der Waals surface area contributed by atoms with Gasteiger partial charge in [-0.3, -0.25) is 0 Å². The number of nitrogens with one attached hydrogen (secondary N) is 1. The molecule has 1 N–H and O–H groups in total. The molecule has 0 saturated heterocycles. The van der Waals surface area contributed by atoms with Crippen molar-refractivity contribution in [1.82, 2.24) is 5.32 Å². The summed E-state index contributed by atoms with van der Waals surface area (Å²) in [6.45, 7) is 1.59. The van der Waals surface area contributed by atoms with Gasteiger partial charge in [-0.15, -0.1) is 11.3 Å². The van der Waals surface area contributed by atoms with Crippen molar-refractivity contribution in [2.45, 2.75) is 38.5 Å². The fourth-order valence-electron chi connectivity index (χ4n) is 2.97. The van der Waals surface area contributed by atoms with Gasteiger partial charge in [0.05, 0.1) is 10.4 Å². The molecular weight excluding hydrogens is 346 g/mol. The standard InChI is InChI=1S/C17H20BrNOS/c1-20-11-13-5-2-4-12(8-13)10-19-15-6-3-7-16-14(15)9-17(18)21-16/h2,4-5,8-9,15,19H,3,6-7,10-11H2,1H3. The average molecular weight is 366 g/mol. The number of fused-ring (bicyclic) bond motifs is 1. The van der Waals surface area contributed by atoms with Crippen LogP contribution in [0.3, 0.4) is 0 Å². The molecule has 1 aromatic heterocycles. The van der Waals surface area contributed by atoms with E-state index in [1.807, 2.05) is 11.3 Å². The summed E-state index contributed by atoms with van der Waals surface area (Å²) < 4.78 is 6.46. The van der Waals surface area contributed by atoms with Crippen molar-refractivity contribution in [3.8, 4) is 0 Å². The molecule has 1 heterocycles. The van der Waals surface area contributed by atoms with Crippen LogP contribution in [0.15, 0.2) is 34.1 Å². The fraction of sp³-hybridized carbons (Fsp3) is 0.412. The molecule has 1 aliphatic carbocycles. The van der Waals surface area contributed by atoms with Gasteiger partial charge in [-0.05, 0) is 57.9 Å². The lowest BCUT2D eigenvalue weighted by Crippen LogP contribution is -2.23. The van der Waals surface area contributed by atoms with Crippen molar-refractivity contribution >= 4 is 27.3 Å². The van der Waals surface area contributed by atoms with E-state index in [1.165, 1.54) is 39.7 Å². The molecule has 0 radical (unpaired) electrons. The minimum absolute atomic E-state index is 0.488. The van der Waals surface area contributed by atoms with Crippen molar-refractivity contribution in [1.29, 1.82) is 0 Å². The van der Waals surface area contributed by atoms with E-state index in [2.05, 4.69) is 51.6 Å². The quantitative estimate of drug-likeness (QED) is 0.819. The zero-order chi connectivity index (χ0) is 14.7. The molecule has 2 aromatic rings. The zero-order valence-corrected chi connectivity index (χ0v) is 14.6. The number of benzene rings is 1. The second-order valence-corrected chi connectivity index (χ2v) is 8.02. The summed E-state index contributed by atoms with van der Waals surface area (Å²) in [4.78, 5) is 1.54. The summed E-state index contributed by atoms with van der Waals surface area (Å²) in [6, 6.07) is 11.4. The van der Waals surface area contributed by atoms with Crippen LogP contribution >= 0.6 is 27.3 Å². The number of halogens is 1. The Bertz CT molecular complexity index is 611. The first-order valence-electron chi connectivity index (χ1n) is 7.34. The normalized spacial score (nSPS) is 17.7. The molecule has 1 unspecified atom stereocenters. The molecule has 1 atom stereocenters. The van der Waals surface area contributed by atoms with Crippen LogP contribution in [0.1, 0.15) is 40.5 Å². The first kappa shape index (κ1) is 15.2. The van der Waals surface area contributed by atoms with Gasteiger partial charge in [0.15, 0.2) is 0 Å². The Hall–Kier alpha value is -0.680. The molecule has 0 saturated carbocycles. The number of rotatable bonds is 5. The van der Waals surface area contributed by atoms with E-state index >= 15 is 0 Å². The van der Waals surface area contributed by atoms with E-state index < -0.39 is 0 Å². The Morgan fingerprint density at radius 1 is 1.33 bits per heavy atom. The number of hydrogen-bond donors (Lipinski definition) is 1. The van der Waals surface area contributed by atoms with E-state index in [4.69, 9.17) is 4.74 Å². The van der Waals surface area contributed by atoms with Gasteiger partial charge in [0.2, 0.25) is 0 Å². The molecule has 2 nitrogen and oxygen atoms in total. The molecule has 0 bridgehead atoms. The number of aryl methyl sites for hydroxylation is 1. The zero-order valence-electron chi connectivity index (χ0n) is 12.2. The first-order chi connectivity index (χ1) is 10.3. The Labute approximate surface area is 138 Å². The van der Waals surface area contributed by atoms with Crippen molar-refractivity contribution < 1.29 is 4.74 Å². The highest BCUT2D eigenvalue weighted by atomic mass is 79.9. The number of thiophene rings is 1. The molecule has 0 fully saturated rings. The number of methoxy groups -OCH3 is 1. The van der Waals surface area contributed by atoms with E-state index in [1.54, 1.807) is 12.0 Å². The molecule has 1 aromatic carbocycles. The SMILES string of the molecule is COCc1cccc(CNC2CCCc3sc(Br)cc32)c1. The highest BCUT2D eigenvalue weighted by molar-refractivity contribution is 9.11. The highest BCUT2D eigenvalue weighted by Gasteiger charge is 2.22. The summed E-state index contributed by atoms with van der Waals surface area (Å²) >= 11 is 5.50. The summed E-state index contributed by atoms with van der Waals surface area (Å²) in [5, 5.41) is 3.72. The summed E-state index contributed by atoms with van der Waals surface area (Å²) in [6.07, 6.45) is 3.74. The van der Waals surface area contributed by atoms with Gasteiger partial charge in [-0.1, -0.05) is 24.3 Å². The van der Waals surface area contributed by atoms with Gasteiger partial charge in [-0.2, -0.15) is 0 Å². The molecule has 21 heavy (non-hydrogen) atoms. The lowest BCUT2D eigenvalue weighted by atomic mass is 9.94. The Kier molecular flexibility index (Phi) is 5.11. The van der Waals surface area contributed by atoms with Crippen molar-refractivity contribution in [2.24, 2.45) is 0 Å². The molecule has 0 aliphatic heterocycles. The smallest absolute Gasteiger partial charge is 0.0713 e. The second-order valence-electron chi connectivity index (χ2n) is 5.51. The van der Waals surface area contributed by atoms with Gasteiger partial charge in [0.25, 0.3) is 0 Å². The maximum Gasteiger partial charge on any atom is 0.0713 e. The molecule has 0 amide bonds. The van der Waals surface area contributed by atoms with Crippen LogP contribution < -0.4 is 5.32 Å². The Morgan fingerprint density at radius 2 is 2.19 bits per heavy atom. The van der Waals surface area contributed by atoms with Gasteiger partial charge in [0.1, 0.15) is 0 Å². The minimum Gasteiger partial charge on any atom is -0.380 e. The van der Waals surface area contributed by atoms with Crippen LogP contribution in [0.5, 0.6) is 0 Å². The van der Waals surface area contributed by atoms with Gasteiger partial charge in [-0.25, -0.2) is 0 Å². The second kappa shape index (κ2) is 7.05. The summed E-state index contributed by atoms with van der Waals surface area (Å²) in [5.74, 6) is 0. The largest absolute Gasteiger partial charge is 0.380 e. The number of ether oxygens (including phenoxy) is 1. The maximum absolute atomic E-state index is 5.20. The van der Waals surface area contributed by atoms with Crippen LogP contribution in [0, 0.1) is 0 Å². The maximum atomic E-state index is 5.20. The van der Waals surface area contributed by atoms with E-state index in [0.29, 0.717) is 12.6 Å². The lowest BCUT2D eigenvalue weighted by molar-refractivity contribution is 0.185. The molecule has 112 valence electrons. The lowest BCUT2D eigenvalue weighted by Gasteiger charge is -2.24. The summed E-state index contributed by atoms with van der Waals surface area (Å²) in [5.41, 5.74) is 4.05. The van der Waals surface area contributed by atoms with Crippen molar-refractivity contribution in [2.75, 3.05) is 7.11 Å². The van der Waals surface area contributed by atoms with Crippen LogP contribution in [0.2, 0.25) is 0 Å². The van der Waals surface area contributed by atoms with Gasteiger partial charge >= 0.3 is 0 Å². The van der Waals surface area contributed by atoms with Crippen LogP contribution in [0.25, 0.3) is 0 Å². The van der Waals surface area contributed by atoms with Gasteiger partial charge in [0, 0.05) is 24.6 Å². The van der Waals surface area contributed by atoms with Gasteiger partial charge < -0.3 is 10.1 Å². The molecule has 1 aliphatic rings. The average Bonchev–Trinajstić information content (AvgIpc) is 2.86. The third kappa shape index (κ3) is 3.75. The predicted molar refractivity (Wildman–Crippen MR) is 91.7 cm³/mol. The minimum atomic E-state index is 0.488. The van der Waals surface area contributed by atoms with Crippen molar-refractivity contribution in [3.05, 3.63) is 55.7 Å². The Morgan fingerprint density at radius 3 is 3.05 bits per heavy atom. The van der Waals surface area contributed by atoms with Crippen LogP contribution in [-0.4, -0.2) is 7.11 Å². The summed E-state index contributed by atoms with van der Waals surface area (Å²) in [7, 11) is 1.74. The van der Waals surface area contributed by atoms with E-state index in [9.17, 15) is 0 Å². The monoisotopic (exact) mass is 365 g/mol. The third-order valence-corrected chi connectivity index (χ3v) is 5.65. The third-order valence-electron chi connectivity index (χ3n) is 3.94. The molecule has 4 heteroatoms. The van der Waals surface area contributed by atoms with E-state index in [-0.39, 0.29) is 0 Å². The molecule has 0 spiro atoms. The van der Waals surface area contributed by atoms with Crippen LogP contribution in [-0.2, 0) is 24.3 Å². The van der Waals surface area contributed by atoms with E-state index in [0.717, 1.165) is 6.54 Å². The fourth-order valence-corrected chi connectivity index (χ4v) is 4.79. The molecular formula is C17H20BrNOS. The topological polar surface area (TPSA) is 21.3 Å². The number of hydrogen-bond acceptors (Lipinski definition) is 3. The van der Waals surface area contributed by atoms with Crippen molar-refractivity contribution in [3.63, 3.8) is 0 Å². The molecule has 3 rings (SSSR count).